The van der Waals surface area contributed by atoms with Crippen LogP contribution in [0.4, 0.5) is 0 Å². The van der Waals surface area contributed by atoms with Crippen LogP contribution in [0.1, 0.15) is 72.7 Å². The summed E-state index contributed by atoms with van der Waals surface area (Å²) in [6, 6.07) is 13.3. The summed E-state index contributed by atoms with van der Waals surface area (Å²) in [4.78, 5) is 54.4. The molecule has 1 aliphatic heterocycles. The average Bonchev–Trinajstić information content (AvgIpc) is 3.09. The van der Waals surface area contributed by atoms with Crippen molar-refractivity contribution in [3.05, 3.63) is 70.2 Å². The van der Waals surface area contributed by atoms with E-state index < -0.39 is 6.04 Å². The Bertz CT molecular complexity index is 1070. The van der Waals surface area contributed by atoms with Gasteiger partial charge in [-0.2, -0.15) is 0 Å². The number of rotatable bonds is 11. The Morgan fingerprint density at radius 1 is 0.971 bits per heavy atom. The maximum absolute atomic E-state index is 13.4. The third-order valence-electron chi connectivity index (χ3n) is 6.34. The lowest BCUT2D eigenvalue weighted by molar-refractivity contribution is -0.141. The molecule has 1 aliphatic rings. The van der Waals surface area contributed by atoms with Gasteiger partial charge in [-0.1, -0.05) is 55.8 Å². The third-order valence-corrected chi connectivity index (χ3v) is 6.70. The fraction of sp³-hybridized carbons (Fsp3) is 0.407. The largest absolute Gasteiger partial charge is 0.352 e. The molecule has 8 heteroatoms. The predicted molar refractivity (Wildman–Crippen MR) is 135 cm³/mol. The Hall–Kier alpha value is -3.19. The van der Waals surface area contributed by atoms with Gasteiger partial charge in [-0.3, -0.25) is 24.1 Å². The zero-order valence-electron chi connectivity index (χ0n) is 20.4. The molecule has 0 bridgehead atoms. The Morgan fingerprint density at radius 3 is 2.14 bits per heavy atom. The van der Waals surface area contributed by atoms with Crippen molar-refractivity contribution in [2.45, 2.75) is 65.1 Å². The second-order valence-corrected chi connectivity index (χ2v) is 9.17. The number of halogens is 1. The smallest absolute Gasteiger partial charge is 0.261 e. The summed E-state index contributed by atoms with van der Waals surface area (Å²) in [5.41, 5.74) is 1.52. The number of hydrogen-bond donors (Lipinski definition) is 1. The van der Waals surface area contributed by atoms with E-state index in [0.29, 0.717) is 29.0 Å². The highest BCUT2D eigenvalue weighted by atomic mass is 35.5. The van der Waals surface area contributed by atoms with Crippen molar-refractivity contribution in [2.75, 3.05) is 6.54 Å². The third kappa shape index (κ3) is 6.09. The Morgan fingerprint density at radius 2 is 1.57 bits per heavy atom. The van der Waals surface area contributed by atoms with Crippen LogP contribution in [0.3, 0.4) is 0 Å². The molecule has 2 aromatic carbocycles. The number of amides is 4. The monoisotopic (exact) mass is 497 g/mol. The molecule has 0 aliphatic carbocycles. The average molecular weight is 498 g/mol. The number of fused-ring (bicyclic) bond motifs is 1. The Kier molecular flexibility index (Phi) is 9.04. The summed E-state index contributed by atoms with van der Waals surface area (Å²) in [5, 5.41) is 3.50. The minimum Gasteiger partial charge on any atom is -0.352 e. The van der Waals surface area contributed by atoms with Crippen molar-refractivity contribution in [2.24, 2.45) is 0 Å². The Balaban J connectivity index is 1.72. The van der Waals surface area contributed by atoms with Crippen LogP contribution in [0, 0.1) is 0 Å². The van der Waals surface area contributed by atoms with Crippen molar-refractivity contribution >= 4 is 35.2 Å². The van der Waals surface area contributed by atoms with Crippen LogP contribution in [-0.4, -0.2) is 52.1 Å². The van der Waals surface area contributed by atoms with E-state index in [9.17, 15) is 19.2 Å². The van der Waals surface area contributed by atoms with Crippen molar-refractivity contribution in [1.29, 1.82) is 0 Å². The lowest BCUT2D eigenvalue weighted by atomic mass is 10.1. The first-order chi connectivity index (χ1) is 16.8. The van der Waals surface area contributed by atoms with Crippen LogP contribution in [0.5, 0.6) is 0 Å². The quantitative estimate of drug-likeness (QED) is 0.465. The predicted octanol–water partition coefficient (Wildman–Crippen LogP) is 4.44. The molecule has 0 fully saturated rings. The molecule has 0 saturated heterocycles. The molecule has 0 unspecified atom stereocenters. The van der Waals surface area contributed by atoms with Crippen molar-refractivity contribution in [3.8, 4) is 0 Å². The van der Waals surface area contributed by atoms with Crippen LogP contribution < -0.4 is 5.32 Å². The number of hydrogen-bond acceptors (Lipinski definition) is 4. The van der Waals surface area contributed by atoms with Crippen molar-refractivity contribution in [1.82, 2.24) is 15.1 Å². The van der Waals surface area contributed by atoms with Crippen LogP contribution in [0.15, 0.2) is 48.5 Å². The van der Waals surface area contributed by atoms with Gasteiger partial charge in [-0.15, -0.1) is 0 Å². The van der Waals surface area contributed by atoms with Gasteiger partial charge in [0.25, 0.3) is 11.8 Å². The number of imide groups is 1. The molecule has 1 heterocycles. The number of nitrogens with zero attached hydrogens (tertiary/aromatic N) is 2. The molecule has 0 radical (unpaired) electrons. The highest BCUT2D eigenvalue weighted by Gasteiger charge is 2.35. The molecular formula is C27H32ClN3O4. The second-order valence-electron chi connectivity index (χ2n) is 8.77. The van der Waals surface area contributed by atoms with E-state index in [2.05, 4.69) is 5.32 Å². The standard InChI is InChI=1S/C27H32ClN3O4/c1-4-18(3)29-25(33)23(5-2)31(17-19-11-6-9-14-22(19)28)24(32)15-10-16-30-26(34)20-12-7-8-13-21(20)27(30)35/h6-9,11-14,18,23H,4-5,10,15-17H2,1-3H3,(H,29,33)/t18-,23-/m1/s1. The molecule has 4 amide bonds. The molecule has 1 N–H and O–H groups in total. The zero-order chi connectivity index (χ0) is 25.5. The summed E-state index contributed by atoms with van der Waals surface area (Å²) in [6.07, 6.45) is 1.61. The van der Waals surface area contributed by atoms with Gasteiger partial charge in [-0.05, 0) is 49.9 Å². The van der Waals surface area contributed by atoms with E-state index in [1.807, 2.05) is 39.0 Å². The van der Waals surface area contributed by atoms with Gasteiger partial charge in [0.15, 0.2) is 0 Å². The molecule has 0 aromatic heterocycles. The molecule has 0 saturated carbocycles. The van der Waals surface area contributed by atoms with E-state index in [1.165, 1.54) is 4.90 Å². The Labute approximate surface area is 211 Å². The minimum atomic E-state index is -0.660. The van der Waals surface area contributed by atoms with Crippen LogP contribution in [-0.2, 0) is 16.1 Å². The van der Waals surface area contributed by atoms with Gasteiger partial charge in [0, 0.05) is 30.6 Å². The second kappa shape index (κ2) is 12.0. The lowest BCUT2D eigenvalue weighted by Crippen LogP contribution is -2.50. The molecular weight excluding hydrogens is 466 g/mol. The number of nitrogens with one attached hydrogen (secondary N) is 1. The van der Waals surface area contributed by atoms with Gasteiger partial charge in [-0.25, -0.2) is 0 Å². The van der Waals surface area contributed by atoms with Gasteiger partial charge >= 0.3 is 0 Å². The van der Waals surface area contributed by atoms with Gasteiger partial charge in [0.2, 0.25) is 11.8 Å². The van der Waals surface area contributed by atoms with Gasteiger partial charge in [0.1, 0.15) is 6.04 Å². The SMILES string of the molecule is CC[C@@H](C)NC(=O)[C@@H](CC)N(Cc1ccccc1Cl)C(=O)CCCN1C(=O)c2ccccc2C1=O. The normalized spacial score (nSPS) is 14.5. The molecule has 2 aromatic rings. The fourth-order valence-electron chi connectivity index (χ4n) is 4.14. The fourth-order valence-corrected chi connectivity index (χ4v) is 4.34. The highest BCUT2D eigenvalue weighted by molar-refractivity contribution is 6.31. The number of benzene rings is 2. The maximum Gasteiger partial charge on any atom is 0.261 e. The van der Waals surface area contributed by atoms with E-state index >= 15 is 0 Å². The van der Waals surface area contributed by atoms with Gasteiger partial charge < -0.3 is 10.2 Å². The summed E-state index contributed by atoms with van der Waals surface area (Å²) in [6.45, 7) is 6.10. The van der Waals surface area contributed by atoms with Gasteiger partial charge in [0.05, 0.1) is 11.1 Å². The molecule has 35 heavy (non-hydrogen) atoms. The van der Waals surface area contributed by atoms with Crippen molar-refractivity contribution < 1.29 is 19.2 Å². The van der Waals surface area contributed by atoms with E-state index in [0.717, 1.165) is 12.0 Å². The molecule has 0 spiro atoms. The first kappa shape index (κ1) is 26.4. The minimum absolute atomic E-state index is 0.0114. The van der Waals surface area contributed by atoms with E-state index in [-0.39, 0.29) is 49.2 Å². The van der Waals surface area contributed by atoms with Crippen LogP contribution >= 0.6 is 11.6 Å². The first-order valence-corrected chi connectivity index (χ1v) is 12.4. The van der Waals surface area contributed by atoms with E-state index in [1.54, 1.807) is 35.2 Å². The van der Waals surface area contributed by atoms with Crippen molar-refractivity contribution in [3.63, 3.8) is 0 Å². The van der Waals surface area contributed by atoms with Crippen LogP contribution in [0.25, 0.3) is 0 Å². The maximum atomic E-state index is 13.4. The van der Waals surface area contributed by atoms with Crippen LogP contribution in [0.2, 0.25) is 5.02 Å². The summed E-state index contributed by atoms with van der Waals surface area (Å²) < 4.78 is 0. The molecule has 2 atom stereocenters. The number of carbonyl (C=O) groups is 4. The lowest BCUT2D eigenvalue weighted by Gasteiger charge is -2.32. The number of carbonyl (C=O) groups excluding carboxylic acids is 4. The summed E-state index contributed by atoms with van der Waals surface area (Å²) in [5.74, 6) is -1.12. The highest BCUT2D eigenvalue weighted by Crippen LogP contribution is 2.24. The first-order valence-electron chi connectivity index (χ1n) is 12.1. The molecule has 7 nitrogen and oxygen atoms in total. The van der Waals surface area contributed by atoms with E-state index in [4.69, 9.17) is 11.6 Å². The summed E-state index contributed by atoms with van der Waals surface area (Å²) in [7, 11) is 0. The molecule has 186 valence electrons. The topological polar surface area (TPSA) is 86.8 Å². The summed E-state index contributed by atoms with van der Waals surface area (Å²) >= 11 is 6.35. The zero-order valence-corrected chi connectivity index (χ0v) is 21.2. The molecule has 3 rings (SSSR count).